The molecule has 1 amide bonds. The van der Waals surface area contributed by atoms with E-state index in [0.29, 0.717) is 6.42 Å². The van der Waals surface area contributed by atoms with Crippen molar-refractivity contribution < 1.29 is 14.7 Å². The Kier molecular flexibility index (Phi) is 5.35. The molecule has 0 bridgehead atoms. The highest BCUT2D eigenvalue weighted by molar-refractivity contribution is 5.95. The van der Waals surface area contributed by atoms with Crippen molar-refractivity contribution in [3.8, 4) is 0 Å². The lowest BCUT2D eigenvalue weighted by Crippen LogP contribution is -2.45. The molecule has 2 atom stereocenters. The summed E-state index contributed by atoms with van der Waals surface area (Å²) in [6.07, 6.45) is 4.58. The molecule has 1 aromatic rings. The predicted molar refractivity (Wildman–Crippen MR) is 84.0 cm³/mol. The maximum atomic E-state index is 12.3. The number of aromatic nitrogens is 1. The standard InChI is InChI=1S/C16H23N3O3/c1-3-11(2)14(16(21)22)18-15(20)13-10-12(6-7-17-13)19-8-4-5-9-19/h6-7,10-11,14H,3-5,8-9H2,1-2H3,(H,18,20)(H,21,22)/t11-,14-/m0/s1. The van der Waals surface area contributed by atoms with Crippen LogP contribution in [0.5, 0.6) is 0 Å². The topological polar surface area (TPSA) is 82.5 Å². The number of rotatable bonds is 6. The molecule has 0 spiro atoms. The zero-order chi connectivity index (χ0) is 16.1. The van der Waals surface area contributed by atoms with Crippen molar-refractivity contribution in [2.75, 3.05) is 18.0 Å². The molecule has 0 aromatic carbocycles. The van der Waals surface area contributed by atoms with Crippen LogP contribution >= 0.6 is 0 Å². The van der Waals surface area contributed by atoms with Gasteiger partial charge >= 0.3 is 5.97 Å². The van der Waals surface area contributed by atoms with Gasteiger partial charge in [-0.15, -0.1) is 0 Å². The minimum Gasteiger partial charge on any atom is -0.480 e. The Morgan fingerprint density at radius 2 is 2.09 bits per heavy atom. The van der Waals surface area contributed by atoms with Gasteiger partial charge in [-0.3, -0.25) is 9.78 Å². The molecule has 1 aliphatic heterocycles. The Morgan fingerprint density at radius 1 is 1.41 bits per heavy atom. The number of nitrogens with zero attached hydrogens (tertiary/aromatic N) is 2. The molecule has 0 radical (unpaired) electrons. The number of pyridine rings is 1. The predicted octanol–water partition coefficient (Wildman–Crippen LogP) is 1.91. The van der Waals surface area contributed by atoms with Gasteiger partial charge in [0.05, 0.1) is 0 Å². The van der Waals surface area contributed by atoms with Crippen molar-refractivity contribution in [1.29, 1.82) is 0 Å². The Labute approximate surface area is 130 Å². The highest BCUT2D eigenvalue weighted by Crippen LogP contribution is 2.20. The van der Waals surface area contributed by atoms with Crippen LogP contribution in [0.2, 0.25) is 0 Å². The zero-order valence-corrected chi connectivity index (χ0v) is 13.1. The number of hydrogen-bond donors (Lipinski definition) is 2. The number of hydrogen-bond acceptors (Lipinski definition) is 4. The Morgan fingerprint density at radius 3 is 2.68 bits per heavy atom. The summed E-state index contributed by atoms with van der Waals surface area (Å²) in [7, 11) is 0. The van der Waals surface area contributed by atoms with E-state index in [0.717, 1.165) is 31.6 Å². The number of amides is 1. The SMILES string of the molecule is CC[C@H](C)[C@H](NC(=O)c1cc(N2CCCC2)ccn1)C(=O)O. The Hall–Kier alpha value is -2.11. The highest BCUT2D eigenvalue weighted by Gasteiger charge is 2.26. The molecule has 6 nitrogen and oxygen atoms in total. The molecule has 1 saturated heterocycles. The van der Waals surface area contributed by atoms with Crippen molar-refractivity contribution in [1.82, 2.24) is 10.3 Å². The van der Waals surface area contributed by atoms with Crippen LogP contribution in [0.1, 0.15) is 43.6 Å². The summed E-state index contributed by atoms with van der Waals surface area (Å²) in [4.78, 5) is 29.9. The first kappa shape index (κ1) is 16.3. The fraction of sp³-hybridized carbons (Fsp3) is 0.562. The van der Waals surface area contributed by atoms with Crippen LogP contribution in [0.15, 0.2) is 18.3 Å². The number of nitrogens with one attached hydrogen (secondary N) is 1. The lowest BCUT2D eigenvalue weighted by atomic mass is 9.99. The van der Waals surface area contributed by atoms with Gasteiger partial charge in [-0.1, -0.05) is 20.3 Å². The number of carbonyl (C=O) groups is 2. The van der Waals surface area contributed by atoms with Crippen molar-refractivity contribution in [2.24, 2.45) is 5.92 Å². The normalized spacial score (nSPS) is 17.1. The summed E-state index contributed by atoms with van der Waals surface area (Å²) < 4.78 is 0. The average molecular weight is 305 g/mol. The van der Waals surface area contributed by atoms with E-state index in [1.807, 2.05) is 19.9 Å². The second-order valence-corrected chi connectivity index (χ2v) is 5.77. The van der Waals surface area contributed by atoms with Gasteiger partial charge in [-0.05, 0) is 30.9 Å². The number of carboxylic acid groups (broad SMARTS) is 1. The molecule has 22 heavy (non-hydrogen) atoms. The van der Waals surface area contributed by atoms with Gasteiger partial charge in [0.15, 0.2) is 0 Å². The van der Waals surface area contributed by atoms with Gasteiger partial charge in [0.25, 0.3) is 5.91 Å². The lowest BCUT2D eigenvalue weighted by Gasteiger charge is -2.21. The Balaban J connectivity index is 2.11. The largest absolute Gasteiger partial charge is 0.480 e. The van der Waals surface area contributed by atoms with Crippen LogP contribution in [-0.4, -0.2) is 41.1 Å². The first-order valence-corrected chi connectivity index (χ1v) is 7.77. The lowest BCUT2D eigenvalue weighted by molar-refractivity contribution is -0.140. The third kappa shape index (κ3) is 3.75. The molecule has 0 unspecified atom stereocenters. The molecule has 2 heterocycles. The van der Waals surface area contributed by atoms with Gasteiger partial charge in [0.1, 0.15) is 11.7 Å². The molecule has 0 saturated carbocycles. The van der Waals surface area contributed by atoms with E-state index >= 15 is 0 Å². The van der Waals surface area contributed by atoms with Crippen LogP contribution in [0.4, 0.5) is 5.69 Å². The minimum atomic E-state index is -1.02. The van der Waals surface area contributed by atoms with E-state index in [9.17, 15) is 14.7 Å². The van der Waals surface area contributed by atoms with Gasteiger partial charge < -0.3 is 15.3 Å². The summed E-state index contributed by atoms with van der Waals surface area (Å²) in [6, 6.07) is 2.72. The molecule has 1 fully saturated rings. The third-order valence-corrected chi connectivity index (χ3v) is 4.21. The molecular formula is C16H23N3O3. The minimum absolute atomic E-state index is 0.136. The molecule has 120 valence electrons. The number of aliphatic carboxylic acids is 1. The van der Waals surface area contributed by atoms with Crippen LogP contribution in [-0.2, 0) is 4.79 Å². The maximum Gasteiger partial charge on any atom is 0.326 e. The second-order valence-electron chi connectivity index (χ2n) is 5.77. The van der Waals surface area contributed by atoms with Gasteiger partial charge in [-0.2, -0.15) is 0 Å². The molecule has 0 aliphatic carbocycles. The molecule has 2 rings (SSSR count). The highest BCUT2D eigenvalue weighted by atomic mass is 16.4. The van der Waals surface area contributed by atoms with Crippen molar-refractivity contribution in [3.63, 3.8) is 0 Å². The van der Waals surface area contributed by atoms with Gasteiger partial charge in [0.2, 0.25) is 0 Å². The molecular weight excluding hydrogens is 282 g/mol. The van der Waals surface area contributed by atoms with Crippen LogP contribution in [0.25, 0.3) is 0 Å². The van der Waals surface area contributed by atoms with E-state index in [-0.39, 0.29) is 11.6 Å². The van der Waals surface area contributed by atoms with Crippen LogP contribution in [0.3, 0.4) is 0 Å². The summed E-state index contributed by atoms with van der Waals surface area (Å²) in [5.41, 5.74) is 1.23. The summed E-state index contributed by atoms with van der Waals surface area (Å²) in [5, 5.41) is 11.8. The van der Waals surface area contributed by atoms with E-state index in [1.165, 1.54) is 0 Å². The third-order valence-electron chi connectivity index (χ3n) is 4.21. The van der Waals surface area contributed by atoms with Crippen molar-refractivity contribution in [2.45, 2.75) is 39.2 Å². The van der Waals surface area contributed by atoms with Crippen LogP contribution < -0.4 is 10.2 Å². The monoisotopic (exact) mass is 305 g/mol. The smallest absolute Gasteiger partial charge is 0.326 e. The van der Waals surface area contributed by atoms with E-state index in [4.69, 9.17) is 0 Å². The van der Waals surface area contributed by atoms with E-state index in [1.54, 1.807) is 12.3 Å². The number of carboxylic acids is 1. The van der Waals surface area contributed by atoms with Crippen molar-refractivity contribution >= 4 is 17.6 Å². The quantitative estimate of drug-likeness (QED) is 0.839. The zero-order valence-electron chi connectivity index (χ0n) is 13.1. The molecule has 1 aromatic heterocycles. The van der Waals surface area contributed by atoms with E-state index < -0.39 is 17.9 Å². The van der Waals surface area contributed by atoms with Gasteiger partial charge in [0, 0.05) is 25.0 Å². The first-order valence-electron chi connectivity index (χ1n) is 7.77. The molecule has 2 N–H and O–H groups in total. The summed E-state index contributed by atoms with van der Waals surface area (Å²) in [6.45, 7) is 5.68. The fourth-order valence-corrected chi connectivity index (χ4v) is 2.61. The maximum absolute atomic E-state index is 12.3. The Bertz CT molecular complexity index is 541. The molecule has 1 aliphatic rings. The fourth-order valence-electron chi connectivity index (χ4n) is 2.61. The van der Waals surface area contributed by atoms with Crippen LogP contribution in [0, 0.1) is 5.92 Å². The number of anilines is 1. The summed E-state index contributed by atoms with van der Waals surface area (Å²) >= 11 is 0. The average Bonchev–Trinajstić information content (AvgIpc) is 3.06. The van der Waals surface area contributed by atoms with E-state index in [2.05, 4.69) is 15.2 Å². The van der Waals surface area contributed by atoms with Crippen molar-refractivity contribution in [3.05, 3.63) is 24.0 Å². The first-order chi connectivity index (χ1) is 10.5. The van der Waals surface area contributed by atoms with Gasteiger partial charge in [-0.25, -0.2) is 4.79 Å². The molecule has 6 heteroatoms. The summed E-state index contributed by atoms with van der Waals surface area (Å²) in [5.74, 6) is -1.59. The second kappa shape index (κ2) is 7.24. The number of carbonyl (C=O) groups excluding carboxylic acids is 1.